The fourth-order valence-electron chi connectivity index (χ4n) is 2.01. The first-order valence-corrected chi connectivity index (χ1v) is 6.49. The normalized spacial score (nSPS) is 11.0. The lowest BCUT2D eigenvalue weighted by atomic mass is 10.5. The molecule has 0 saturated carbocycles. The van der Waals surface area contributed by atoms with Gasteiger partial charge in [-0.3, -0.25) is 0 Å². The van der Waals surface area contributed by atoms with Gasteiger partial charge >= 0.3 is 0 Å². The van der Waals surface area contributed by atoms with Crippen LogP contribution in [0.25, 0.3) is 11.9 Å². The van der Waals surface area contributed by atoms with Gasteiger partial charge in [0.2, 0.25) is 0 Å². The topological polar surface area (TPSA) is 147 Å². The SMILES string of the molecule is Cc1cc(N)n(-c2nc(CO)nc(-n3nc(C)cc3N)n2)n1. The summed E-state index contributed by atoms with van der Waals surface area (Å²) in [7, 11) is 0. The highest BCUT2D eigenvalue weighted by molar-refractivity contribution is 5.39. The van der Waals surface area contributed by atoms with Crippen LogP contribution in [0.4, 0.5) is 11.6 Å². The molecular weight excluding hydrogens is 286 g/mol. The maximum Gasteiger partial charge on any atom is 0.257 e. The third kappa shape index (κ3) is 2.35. The van der Waals surface area contributed by atoms with E-state index in [4.69, 9.17) is 11.5 Å². The van der Waals surface area contributed by atoms with E-state index in [9.17, 15) is 5.11 Å². The Morgan fingerprint density at radius 2 is 1.36 bits per heavy atom. The third-order valence-corrected chi connectivity index (χ3v) is 2.90. The average Bonchev–Trinajstić information content (AvgIpc) is 2.99. The Labute approximate surface area is 125 Å². The van der Waals surface area contributed by atoms with Crippen molar-refractivity contribution in [2.45, 2.75) is 20.5 Å². The molecule has 0 aliphatic heterocycles. The Morgan fingerprint density at radius 1 is 0.909 bits per heavy atom. The smallest absolute Gasteiger partial charge is 0.257 e. The number of aromatic nitrogens is 7. The van der Waals surface area contributed by atoms with Gasteiger partial charge in [-0.25, -0.2) is 0 Å². The first kappa shape index (κ1) is 13.9. The number of aliphatic hydroxyl groups excluding tert-OH is 1. The van der Waals surface area contributed by atoms with Crippen LogP contribution in [0.15, 0.2) is 12.1 Å². The fourth-order valence-corrected chi connectivity index (χ4v) is 2.01. The van der Waals surface area contributed by atoms with Gasteiger partial charge in [0.05, 0.1) is 11.4 Å². The van der Waals surface area contributed by atoms with Crippen LogP contribution in [-0.2, 0) is 6.61 Å². The molecular formula is C12H15N9O. The lowest BCUT2D eigenvalue weighted by Gasteiger charge is -2.07. The van der Waals surface area contributed by atoms with Crippen LogP contribution in [0.3, 0.4) is 0 Å². The van der Waals surface area contributed by atoms with Crippen LogP contribution >= 0.6 is 0 Å². The van der Waals surface area contributed by atoms with Crippen molar-refractivity contribution in [3.8, 4) is 11.9 Å². The molecule has 0 bridgehead atoms. The summed E-state index contributed by atoms with van der Waals surface area (Å²) in [5.41, 5.74) is 13.2. The Bertz CT molecular complexity index is 771. The van der Waals surface area contributed by atoms with Gasteiger partial charge in [0.25, 0.3) is 11.9 Å². The summed E-state index contributed by atoms with van der Waals surface area (Å²) in [6, 6.07) is 3.38. The molecule has 0 fully saturated rings. The largest absolute Gasteiger partial charge is 0.388 e. The van der Waals surface area contributed by atoms with Crippen LogP contribution in [0.1, 0.15) is 17.2 Å². The van der Waals surface area contributed by atoms with Crippen LogP contribution in [0, 0.1) is 13.8 Å². The van der Waals surface area contributed by atoms with E-state index in [0.717, 1.165) is 11.4 Å². The summed E-state index contributed by atoms with van der Waals surface area (Å²) >= 11 is 0. The van der Waals surface area contributed by atoms with Gasteiger partial charge < -0.3 is 16.6 Å². The highest BCUT2D eigenvalue weighted by Crippen LogP contribution is 2.14. The van der Waals surface area contributed by atoms with Crippen LogP contribution < -0.4 is 11.5 Å². The molecule has 3 rings (SSSR count). The molecule has 114 valence electrons. The molecule has 0 aromatic carbocycles. The number of hydrogen-bond acceptors (Lipinski definition) is 8. The summed E-state index contributed by atoms with van der Waals surface area (Å²) in [5.74, 6) is 1.30. The lowest BCUT2D eigenvalue weighted by molar-refractivity contribution is 0.270. The van der Waals surface area contributed by atoms with E-state index in [1.54, 1.807) is 26.0 Å². The van der Waals surface area contributed by atoms with Crippen LogP contribution in [0.5, 0.6) is 0 Å². The molecule has 10 heteroatoms. The zero-order valence-corrected chi connectivity index (χ0v) is 12.1. The number of aryl methyl sites for hydroxylation is 2. The van der Waals surface area contributed by atoms with Crippen molar-refractivity contribution >= 4 is 11.6 Å². The first-order valence-electron chi connectivity index (χ1n) is 6.49. The molecule has 22 heavy (non-hydrogen) atoms. The van der Waals surface area contributed by atoms with Crippen molar-refractivity contribution in [2.75, 3.05) is 11.5 Å². The number of aliphatic hydroxyl groups is 1. The molecule has 0 amide bonds. The molecule has 3 aromatic rings. The van der Waals surface area contributed by atoms with E-state index in [-0.39, 0.29) is 24.3 Å². The minimum absolute atomic E-state index is 0.167. The molecule has 0 aliphatic carbocycles. The van der Waals surface area contributed by atoms with Crippen molar-refractivity contribution in [2.24, 2.45) is 0 Å². The number of nitrogen functional groups attached to an aromatic ring is 2. The van der Waals surface area contributed by atoms with Gasteiger partial charge in [0, 0.05) is 12.1 Å². The average molecular weight is 301 g/mol. The minimum Gasteiger partial charge on any atom is -0.388 e. The maximum atomic E-state index is 9.35. The Balaban J connectivity index is 2.19. The molecule has 0 saturated heterocycles. The highest BCUT2D eigenvalue weighted by Gasteiger charge is 2.15. The lowest BCUT2D eigenvalue weighted by Crippen LogP contribution is -2.15. The summed E-state index contributed by atoms with van der Waals surface area (Å²) in [5, 5.41) is 17.8. The second kappa shape index (κ2) is 5.07. The predicted molar refractivity (Wildman–Crippen MR) is 78.3 cm³/mol. The van der Waals surface area contributed by atoms with Crippen molar-refractivity contribution in [1.29, 1.82) is 0 Å². The van der Waals surface area contributed by atoms with Gasteiger partial charge in [-0.1, -0.05) is 0 Å². The molecule has 0 spiro atoms. The zero-order valence-electron chi connectivity index (χ0n) is 12.1. The van der Waals surface area contributed by atoms with E-state index in [1.807, 2.05) is 0 Å². The summed E-state index contributed by atoms with van der Waals surface area (Å²) in [4.78, 5) is 12.5. The number of anilines is 2. The second-order valence-corrected chi connectivity index (χ2v) is 4.75. The summed E-state index contributed by atoms with van der Waals surface area (Å²) in [6.45, 7) is 3.25. The monoisotopic (exact) mass is 301 g/mol. The standard InChI is InChI=1S/C12H15N9O/c1-6-3-8(13)20(18-6)11-15-10(5-22)16-12(17-11)21-9(14)4-7(2)19-21/h3-4,22H,5,13-14H2,1-2H3. The fraction of sp³-hybridized carbons (Fsp3) is 0.250. The Kier molecular flexibility index (Phi) is 3.22. The minimum atomic E-state index is -0.358. The number of hydrogen-bond donors (Lipinski definition) is 3. The van der Waals surface area contributed by atoms with E-state index >= 15 is 0 Å². The van der Waals surface area contributed by atoms with Gasteiger partial charge in [0.15, 0.2) is 5.82 Å². The first-order chi connectivity index (χ1) is 10.5. The molecule has 10 nitrogen and oxygen atoms in total. The molecule has 0 radical (unpaired) electrons. The molecule has 3 heterocycles. The Hall–Kier alpha value is -3.01. The van der Waals surface area contributed by atoms with E-state index < -0.39 is 0 Å². The van der Waals surface area contributed by atoms with Gasteiger partial charge in [0.1, 0.15) is 18.2 Å². The van der Waals surface area contributed by atoms with E-state index in [2.05, 4.69) is 25.1 Å². The molecule has 0 unspecified atom stereocenters. The summed E-state index contributed by atoms with van der Waals surface area (Å²) < 4.78 is 2.73. The molecule has 5 N–H and O–H groups in total. The second-order valence-electron chi connectivity index (χ2n) is 4.75. The van der Waals surface area contributed by atoms with E-state index in [1.165, 1.54) is 9.36 Å². The van der Waals surface area contributed by atoms with Crippen molar-refractivity contribution in [3.05, 3.63) is 29.3 Å². The molecule has 3 aromatic heterocycles. The van der Waals surface area contributed by atoms with Crippen molar-refractivity contribution in [3.63, 3.8) is 0 Å². The highest BCUT2D eigenvalue weighted by atomic mass is 16.3. The van der Waals surface area contributed by atoms with Crippen molar-refractivity contribution in [1.82, 2.24) is 34.5 Å². The molecule has 0 aliphatic rings. The maximum absolute atomic E-state index is 9.35. The number of nitrogens with zero attached hydrogens (tertiary/aromatic N) is 7. The van der Waals surface area contributed by atoms with Crippen LogP contribution in [0.2, 0.25) is 0 Å². The van der Waals surface area contributed by atoms with Crippen LogP contribution in [-0.4, -0.2) is 39.6 Å². The van der Waals surface area contributed by atoms with E-state index in [0.29, 0.717) is 11.6 Å². The van der Waals surface area contributed by atoms with Crippen molar-refractivity contribution < 1.29 is 5.11 Å². The Morgan fingerprint density at radius 3 is 1.68 bits per heavy atom. The zero-order chi connectivity index (χ0) is 15.9. The number of rotatable bonds is 3. The third-order valence-electron chi connectivity index (χ3n) is 2.90. The van der Waals surface area contributed by atoms with Gasteiger partial charge in [-0.2, -0.15) is 34.5 Å². The van der Waals surface area contributed by atoms with Gasteiger partial charge in [-0.15, -0.1) is 0 Å². The predicted octanol–water partition coefficient (Wildman–Crippen LogP) is -0.483. The number of nitrogens with two attached hydrogens (primary N) is 2. The quantitative estimate of drug-likeness (QED) is 0.587. The molecule has 0 atom stereocenters. The van der Waals surface area contributed by atoms with Gasteiger partial charge in [-0.05, 0) is 13.8 Å². The summed E-state index contributed by atoms with van der Waals surface area (Å²) in [6.07, 6.45) is 0.